The average Bonchev–Trinajstić information content (AvgIpc) is 2.84. The van der Waals surface area contributed by atoms with E-state index in [-0.39, 0.29) is 17.9 Å². The van der Waals surface area contributed by atoms with Gasteiger partial charge in [0.1, 0.15) is 0 Å². The molecule has 1 atom stereocenters. The number of carbonyl (C=O) groups is 2. The van der Waals surface area contributed by atoms with Gasteiger partial charge in [0.05, 0.1) is 22.1 Å². The van der Waals surface area contributed by atoms with Gasteiger partial charge < -0.3 is 9.64 Å². The van der Waals surface area contributed by atoms with Crippen LogP contribution in [0, 0.1) is 0 Å². The highest BCUT2D eigenvalue weighted by atomic mass is 79.9. The second-order valence-electron chi connectivity index (χ2n) is 5.09. The van der Waals surface area contributed by atoms with Gasteiger partial charge in [0.15, 0.2) is 0 Å². The van der Waals surface area contributed by atoms with Crippen LogP contribution in [-0.2, 0) is 16.0 Å². The van der Waals surface area contributed by atoms with E-state index >= 15 is 0 Å². The van der Waals surface area contributed by atoms with Crippen molar-refractivity contribution in [3.63, 3.8) is 0 Å². The molecule has 118 valence electrons. The third-order valence-electron chi connectivity index (χ3n) is 3.71. The minimum atomic E-state index is -0.339. The Labute approximate surface area is 146 Å². The van der Waals surface area contributed by atoms with E-state index in [1.165, 1.54) is 7.11 Å². The Kier molecular flexibility index (Phi) is 6.20. The Morgan fingerprint density at radius 2 is 2.05 bits per heavy atom. The molecule has 1 aromatic rings. The molecule has 0 saturated carbocycles. The van der Waals surface area contributed by atoms with Gasteiger partial charge in [-0.1, -0.05) is 12.1 Å². The lowest BCUT2D eigenvalue weighted by Gasteiger charge is -2.22. The Hall–Kier alpha value is -1.14. The van der Waals surface area contributed by atoms with E-state index < -0.39 is 0 Å². The zero-order valence-electron chi connectivity index (χ0n) is 12.2. The molecule has 0 aromatic heterocycles. The molecule has 4 nitrogen and oxygen atoms in total. The van der Waals surface area contributed by atoms with E-state index in [1.807, 2.05) is 23.1 Å². The molecule has 1 heterocycles. The van der Waals surface area contributed by atoms with Gasteiger partial charge in [-0.3, -0.25) is 4.79 Å². The molecule has 2 rings (SSSR count). The van der Waals surface area contributed by atoms with Crippen LogP contribution in [0.2, 0.25) is 0 Å². The zero-order valence-corrected chi connectivity index (χ0v) is 15.4. The molecule has 0 N–H and O–H groups in total. The number of esters is 1. The minimum absolute atomic E-state index is 0.135. The summed E-state index contributed by atoms with van der Waals surface area (Å²) in [5, 5.41) is 0. The first-order valence-corrected chi connectivity index (χ1v) is 8.59. The molecular formula is C16H17Br2NO3. The first-order chi connectivity index (χ1) is 10.5. The predicted molar refractivity (Wildman–Crippen MR) is 92.2 cm³/mol. The maximum Gasteiger partial charge on any atom is 0.337 e. The van der Waals surface area contributed by atoms with E-state index in [2.05, 4.69) is 36.6 Å². The van der Waals surface area contributed by atoms with Crippen molar-refractivity contribution in [2.75, 3.05) is 13.7 Å². The van der Waals surface area contributed by atoms with Gasteiger partial charge in [0.25, 0.3) is 0 Å². The lowest BCUT2D eigenvalue weighted by Crippen LogP contribution is -2.33. The number of ether oxygens (including phenoxy) is 1. The van der Waals surface area contributed by atoms with Crippen molar-refractivity contribution < 1.29 is 14.3 Å². The van der Waals surface area contributed by atoms with Gasteiger partial charge in [0.2, 0.25) is 5.91 Å². The van der Waals surface area contributed by atoms with Crippen molar-refractivity contribution in [2.45, 2.75) is 25.3 Å². The number of benzene rings is 1. The summed E-state index contributed by atoms with van der Waals surface area (Å²) >= 11 is 6.70. The van der Waals surface area contributed by atoms with Crippen LogP contribution in [0.3, 0.4) is 0 Å². The van der Waals surface area contributed by atoms with Crippen LogP contribution in [-0.4, -0.2) is 36.5 Å². The van der Waals surface area contributed by atoms with Crippen LogP contribution in [0.1, 0.15) is 28.8 Å². The number of amides is 1. The molecule has 1 fully saturated rings. The van der Waals surface area contributed by atoms with E-state index in [1.54, 1.807) is 12.1 Å². The van der Waals surface area contributed by atoms with Gasteiger partial charge in [-0.05, 0) is 68.5 Å². The first kappa shape index (κ1) is 17.2. The highest BCUT2D eigenvalue weighted by molar-refractivity contribution is 9.28. The van der Waals surface area contributed by atoms with Gasteiger partial charge >= 0.3 is 5.97 Å². The molecule has 1 aliphatic rings. The molecular weight excluding hydrogens is 414 g/mol. The van der Waals surface area contributed by atoms with E-state index in [0.717, 1.165) is 21.8 Å². The summed E-state index contributed by atoms with van der Waals surface area (Å²) in [5.74, 6) is -0.151. The monoisotopic (exact) mass is 429 g/mol. The molecule has 1 aliphatic heterocycles. The predicted octanol–water partition coefficient (Wildman–Crippen LogP) is 3.64. The number of hydrogen-bond acceptors (Lipinski definition) is 3. The summed E-state index contributed by atoms with van der Waals surface area (Å²) < 4.78 is 5.54. The van der Waals surface area contributed by atoms with E-state index in [0.29, 0.717) is 18.5 Å². The number of rotatable bonds is 5. The fraction of sp³-hybridized carbons (Fsp3) is 0.375. The van der Waals surface area contributed by atoms with Crippen LogP contribution in [0.15, 0.2) is 33.7 Å². The second kappa shape index (κ2) is 7.92. The average molecular weight is 431 g/mol. The molecule has 1 saturated heterocycles. The number of carbonyl (C=O) groups excluding carboxylic acids is 2. The third-order valence-corrected chi connectivity index (χ3v) is 4.24. The maximum absolute atomic E-state index is 12.0. The van der Waals surface area contributed by atoms with Crippen molar-refractivity contribution in [3.8, 4) is 0 Å². The molecule has 1 aromatic carbocycles. The van der Waals surface area contributed by atoms with Crippen molar-refractivity contribution >= 4 is 43.7 Å². The zero-order chi connectivity index (χ0) is 16.1. The largest absolute Gasteiger partial charge is 0.465 e. The lowest BCUT2D eigenvalue weighted by molar-refractivity contribution is -0.128. The third kappa shape index (κ3) is 4.43. The molecule has 0 bridgehead atoms. The molecule has 0 spiro atoms. The summed E-state index contributed by atoms with van der Waals surface area (Å²) in [6.07, 6.45) is 4.21. The van der Waals surface area contributed by atoms with E-state index in [4.69, 9.17) is 0 Å². The standard InChI is InChI=1S/C16H17Br2NO3/c1-22-16(21)12-4-2-11(3-5-12)8-9-19-13(10-14(17)18)6-7-15(19)20/h2-5,10,13H,6-9H2,1H3. The Morgan fingerprint density at radius 1 is 1.36 bits per heavy atom. The number of nitrogens with zero attached hydrogens (tertiary/aromatic N) is 1. The normalized spacial score (nSPS) is 17.5. The van der Waals surface area contributed by atoms with Crippen LogP contribution in [0.4, 0.5) is 0 Å². The Bertz CT molecular complexity index is 580. The maximum atomic E-state index is 12.0. The summed E-state index contributed by atoms with van der Waals surface area (Å²) in [7, 11) is 1.37. The van der Waals surface area contributed by atoms with Gasteiger partial charge in [0, 0.05) is 13.0 Å². The smallest absolute Gasteiger partial charge is 0.337 e. The summed E-state index contributed by atoms with van der Waals surface area (Å²) in [6.45, 7) is 0.671. The SMILES string of the molecule is COC(=O)c1ccc(CCN2C(=O)CCC2C=C(Br)Br)cc1. The van der Waals surface area contributed by atoms with Crippen LogP contribution >= 0.6 is 31.9 Å². The molecule has 0 aliphatic carbocycles. The minimum Gasteiger partial charge on any atom is -0.465 e. The molecule has 0 radical (unpaired) electrons. The Balaban J connectivity index is 1.98. The fourth-order valence-corrected chi connectivity index (χ4v) is 3.15. The molecule has 1 amide bonds. The molecule has 22 heavy (non-hydrogen) atoms. The second-order valence-corrected chi connectivity index (χ2v) is 7.86. The number of hydrogen-bond donors (Lipinski definition) is 0. The van der Waals surface area contributed by atoms with Crippen LogP contribution in [0.25, 0.3) is 0 Å². The highest BCUT2D eigenvalue weighted by Crippen LogP contribution is 2.24. The van der Waals surface area contributed by atoms with Crippen LogP contribution in [0.5, 0.6) is 0 Å². The fourth-order valence-electron chi connectivity index (χ4n) is 2.54. The van der Waals surface area contributed by atoms with Gasteiger partial charge in [-0.2, -0.15) is 0 Å². The number of halogens is 2. The van der Waals surface area contributed by atoms with Crippen molar-refractivity contribution in [1.29, 1.82) is 0 Å². The van der Waals surface area contributed by atoms with Gasteiger partial charge in [-0.25, -0.2) is 4.79 Å². The number of likely N-dealkylation sites (tertiary alicyclic amines) is 1. The molecule has 6 heteroatoms. The topological polar surface area (TPSA) is 46.6 Å². The first-order valence-electron chi connectivity index (χ1n) is 7.01. The molecule has 1 unspecified atom stereocenters. The van der Waals surface area contributed by atoms with Crippen LogP contribution < -0.4 is 0 Å². The van der Waals surface area contributed by atoms with Crippen molar-refractivity contribution in [1.82, 2.24) is 4.90 Å². The Morgan fingerprint density at radius 3 is 2.64 bits per heavy atom. The van der Waals surface area contributed by atoms with Gasteiger partial charge in [-0.15, -0.1) is 0 Å². The lowest BCUT2D eigenvalue weighted by atomic mass is 10.1. The summed E-state index contributed by atoms with van der Waals surface area (Å²) in [5.41, 5.74) is 1.63. The summed E-state index contributed by atoms with van der Waals surface area (Å²) in [4.78, 5) is 25.3. The summed E-state index contributed by atoms with van der Waals surface area (Å²) in [6, 6.07) is 7.44. The van der Waals surface area contributed by atoms with Crippen molar-refractivity contribution in [2.24, 2.45) is 0 Å². The van der Waals surface area contributed by atoms with E-state index in [9.17, 15) is 9.59 Å². The quantitative estimate of drug-likeness (QED) is 0.670. The highest BCUT2D eigenvalue weighted by Gasteiger charge is 2.28. The van der Waals surface area contributed by atoms with Crippen molar-refractivity contribution in [3.05, 3.63) is 44.9 Å². The number of methoxy groups -OCH3 is 1.